The van der Waals surface area contributed by atoms with Gasteiger partial charge in [-0.2, -0.15) is 0 Å². The van der Waals surface area contributed by atoms with Gasteiger partial charge in [0.05, 0.1) is 6.54 Å². The number of thiophene rings is 1. The number of carboxylic acid groups (broad SMARTS) is 1. The minimum Gasteiger partial charge on any atom is -0.479 e. The molecule has 1 aromatic rings. The molecule has 0 fully saturated rings. The number of hydrogen-bond acceptors (Lipinski definition) is 4. The van der Waals surface area contributed by atoms with Crippen molar-refractivity contribution in [3.05, 3.63) is 21.9 Å². The summed E-state index contributed by atoms with van der Waals surface area (Å²) < 4.78 is 0. The Morgan fingerprint density at radius 1 is 1.56 bits per heavy atom. The predicted octanol–water partition coefficient (Wildman–Crippen LogP) is 0.872. The van der Waals surface area contributed by atoms with Gasteiger partial charge in [0.2, 0.25) is 0 Å². The van der Waals surface area contributed by atoms with Crippen LogP contribution in [0.4, 0.5) is 4.79 Å². The maximum atomic E-state index is 11.1. The number of hydroxylamine groups is 1. The van der Waals surface area contributed by atoms with Crippen LogP contribution in [-0.4, -0.2) is 23.7 Å². The molecule has 0 bridgehead atoms. The molecule has 88 valence electrons. The number of rotatable bonds is 5. The highest BCUT2D eigenvalue weighted by molar-refractivity contribution is 7.10. The molecule has 0 aliphatic carbocycles. The molecule has 16 heavy (non-hydrogen) atoms. The molecule has 0 saturated heterocycles. The number of aryl methyl sites for hydroxylation is 1. The van der Waals surface area contributed by atoms with Crippen molar-refractivity contribution in [2.75, 3.05) is 6.61 Å². The Labute approximate surface area is 96.2 Å². The van der Waals surface area contributed by atoms with Gasteiger partial charge < -0.3 is 10.4 Å². The molecule has 0 radical (unpaired) electrons. The van der Waals surface area contributed by atoms with Crippen LogP contribution in [0.25, 0.3) is 0 Å². The van der Waals surface area contributed by atoms with Gasteiger partial charge in [0.15, 0.2) is 6.61 Å². The fourth-order valence-electron chi connectivity index (χ4n) is 0.945. The fraction of sp³-hybridized carbons (Fsp3) is 0.333. The number of urea groups is 1. The third kappa shape index (κ3) is 4.28. The van der Waals surface area contributed by atoms with Crippen molar-refractivity contribution in [3.8, 4) is 0 Å². The number of amides is 2. The normalized spacial score (nSPS) is 9.81. The fourth-order valence-corrected chi connectivity index (χ4v) is 1.79. The summed E-state index contributed by atoms with van der Waals surface area (Å²) in [6.45, 7) is 1.78. The van der Waals surface area contributed by atoms with Crippen LogP contribution in [-0.2, 0) is 16.2 Å². The van der Waals surface area contributed by atoms with E-state index in [1.54, 1.807) is 11.3 Å². The Bertz CT molecular complexity index is 377. The molecule has 1 heterocycles. The monoisotopic (exact) mass is 244 g/mol. The molecular formula is C9H12N2O4S. The van der Waals surface area contributed by atoms with Gasteiger partial charge in [-0.1, -0.05) is 0 Å². The molecule has 0 unspecified atom stereocenters. The lowest BCUT2D eigenvalue weighted by molar-refractivity contribution is -0.144. The van der Waals surface area contributed by atoms with Crippen LogP contribution in [0.2, 0.25) is 0 Å². The highest BCUT2D eigenvalue weighted by Gasteiger charge is 2.04. The van der Waals surface area contributed by atoms with Crippen LogP contribution in [0, 0.1) is 6.92 Å². The smallest absolute Gasteiger partial charge is 0.339 e. The first-order valence-electron chi connectivity index (χ1n) is 4.50. The van der Waals surface area contributed by atoms with Gasteiger partial charge >= 0.3 is 12.0 Å². The first-order valence-corrected chi connectivity index (χ1v) is 5.38. The molecule has 0 atom stereocenters. The van der Waals surface area contributed by atoms with E-state index >= 15 is 0 Å². The third-order valence-electron chi connectivity index (χ3n) is 1.74. The molecule has 1 rings (SSSR count). The molecule has 0 aromatic carbocycles. The highest BCUT2D eigenvalue weighted by atomic mass is 32.1. The zero-order valence-electron chi connectivity index (χ0n) is 8.65. The van der Waals surface area contributed by atoms with Crippen LogP contribution < -0.4 is 10.8 Å². The van der Waals surface area contributed by atoms with Crippen LogP contribution in [0.5, 0.6) is 0 Å². The topological polar surface area (TPSA) is 87.7 Å². The summed E-state index contributed by atoms with van der Waals surface area (Å²) in [6.07, 6.45) is 0. The molecule has 0 spiro atoms. The maximum absolute atomic E-state index is 11.1. The zero-order chi connectivity index (χ0) is 12.0. The maximum Gasteiger partial charge on any atom is 0.339 e. The molecule has 2 amide bonds. The van der Waals surface area contributed by atoms with Gasteiger partial charge in [-0.15, -0.1) is 11.3 Å². The van der Waals surface area contributed by atoms with Gasteiger partial charge in [-0.3, -0.25) is 4.84 Å². The largest absolute Gasteiger partial charge is 0.479 e. The van der Waals surface area contributed by atoms with E-state index in [0.717, 1.165) is 10.4 Å². The number of carbonyl (C=O) groups excluding carboxylic acids is 1. The molecule has 3 N–H and O–H groups in total. The first-order chi connectivity index (χ1) is 7.59. The molecule has 6 nitrogen and oxygen atoms in total. The van der Waals surface area contributed by atoms with E-state index in [2.05, 4.69) is 10.2 Å². The van der Waals surface area contributed by atoms with Crippen molar-refractivity contribution in [1.82, 2.24) is 10.8 Å². The average molecular weight is 244 g/mol. The molecule has 0 aliphatic rings. The van der Waals surface area contributed by atoms with E-state index in [4.69, 9.17) is 5.11 Å². The Balaban J connectivity index is 2.20. The Hall–Kier alpha value is -1.60. The summed E-state index contributed by atoms with van der Waals surface area (Å²) in [7, 11) is 0. The van der Waals surface area contributed by atoms with E-state index in [0.29, 0.717) is 6.54 Å². The van der Waals surface area contributed by atoms with Gasteiger partial charge in [-0.05, 0) is 23.9 Å². The molecular weight excluding hydrogens is 232 g/mol. The summed E-state index contributed by atoms with van der Waals surface area (Å²) in [5.41, 5.74) is 3.08. The minimum absolute atomic E-state index is 0.395. The molecule has 0 saturated carbocycles. The first kappa shape index (κ1) is 12.5. The predicted molar refractivity (Wildman–Crippen MR) is 58.0 cm³/mol. The Morgan fingerprint density at radius 2 is 2.31 bits per heavy atom. The number of carbonyl (C=O) groups is 2. The number of hydrogen-bond donors (Lipinski definition) is 3. The molecule has 7 heteroatoms. The summed E-state index contributed by atoms with van der Waals surface area (Å²) >= 11 is 1.54. The van der Waals surface area contributed by atoms with Crippen molar-refractivity contribution in [2.24, 2.45) is 0 Å². The van der Waals surface area contributed by atoms with Crippen molar-refractivity contribution < 1.29 is 19.5 Å². The standard InChI is InChI=1S/C9H12N2O4S/c1-6-2-3-16-7(6)4-10-9(14)11-15-5-8(12)13/h2-3H,4-5H2,1H3,(H,12,13)(H2,10,11,14). The van der Waals surface area contributed by atoms with E-state index < -0.39 is 18.6 Å². The zero-order valence-corrected chi connectivity index (χ0v) is 9.47. The Morgan fingerprint density at radius 3 is 2.88 bits per heavy atom. The number of nitrogens with one attached hydrogen (secondary N) is 2. The van der Waals surface area contributed by atoms with Crippen LogP contribution in [0.3, 0.4) is 0 Å². The van der Waals surface area contributed by atoms with Crippen molar-refractivity contribution >= 4 is 23.3 Å². The van der Waals surface area contributed by atoms with E-state index in [9.17, 15) is 9.59 Å². The second kappa shape index (κ2) is 6.09. The minimum atomic E-state index is -1.14. The van der Waals surface area contributed by atoms with Crippen molar-refractivity contribution in [2.45, 2.75) is 13.5 Å². The lowest BCUT2D eigenvalue weighted by atomic mass is 10.3. The average Bonchev–Trinajstić information content (AvgIpc) is 2.60. The second-order valence-electron chi connectivity index (χ2n) is 2.99. The van der Waals surface area contributed by atoms with Gasteiger partial charge in [0, 0.05) is 4.88 Å². The quantitative estimate of drug-likeness (QED) is 0.671. The summed E-state index contributed by atoms with van der Waals surface area (Å²) in [5.74, 6) is -1.14. The van der Waals surface area contributed by atoms with Crippen molar-refractivity contribution in [3.63, 3.8) is 0 Å². The SMILES string of the molecule is Cc1ccsc1CNC(=O)NOCC(=O)O. The highest BCUT2D eigenvalue weighted by Crippen LogP contribution is 2.14. The molecule has 1 aromatic heterocycles. The van der Waals surface area contributed by atoms with Crippen LogP contribution in [0.15, 0.2) is 11.4 Å². The number of carboxylic acids is 1. The Kier molecular flexibility index (Phi) is 4.74. The molecule has 0 aliphatic heterocycles. The second-order valence-corrected chi connectivity index (χ2v) is 3.99. The van der Waals surface area contributed by atoms with E-state index in [1.165, 1.54) is 0 Å². The lowest BCUT2D eigenvalue weighted by Crippen LogP contribution is -2.36. The van der Waals surface area contributed by atoms with Crippen molar-refractivity contribution in [1.29, 1.82) is 0 Å². The van der Waals surface area contributed by atoms with E-state index in [1.807, 2.05) is 23.9 Å². The van der Waals surface area contributed by atoms with Gasteiger partial charge in [-0.25, -0.2) is 15.1 Å². The lowest BCUT2D eigenvalue weighted by Gasteiger charge is -2.05. The van der Waals surface area contributed by atoms with Crippen LogP contribution in [0.1, 0.15) is 10.4 Å². The third-order valence-corrected chi connectivity index (χ3v) is 2.76. The summed E-state index contributed by atoms with van der Waals surface area (Å²) in [6, 6.07) is 1.40. The van der Waals surface area contributed by atoms with Crippen LogP contribution >= 0.6 is 11.3 Å². The van der Waals surface area contributed by atoms with Gasteiger partial charge in [0.1, 0.15) is 0 Å². The summed E-state index contributed by atoms with van der Waals surface area (Å²) in [5, 5.41) is 12.7. The van der Waals surface area contributed by atoms with E-state index in [-0.39, 0.29) is 0 Å². The summed E-state index contributed by atoms with van der Waals surface area (Å²) in [4.78, 5) is 26.6. The van der Waals surface area contributed by atoms with Gasteiger partial charge in [0.25, 0.3) is 0 Å². The number of aliphatic carboxylic acids is 1.